The number of nitrogens with one attached hydrogen (secondary N) is 1. The molecule has 0 fully saturated rings. The third kappa shape index (κ3) is 25.6. The Kier molecular flexibility index (Phi) is 15.1. The summed E-state index contributed by atoms with van der Waals surface area (Å²) >= 11 is 0. The van der Waals surface area contributed by atoms with Crippen molar-refractivity contribution >= 4 is 10.0 Å². The molecule has 0 radical (unpaired) electrons. The van der Waals surface area contributed by atoms with Crippen molar-refractivity contribution in [3.63, 3.8) is 0 Å². The number of sulfonamides is 1. The first-order valence-electron chi connectivity index (χ1n) is 5.70. The molecule has 0 saturated carbocycles. The normalized spacial score (nSPS) is 10.5. The SMILES string of the molecule is C=CCS(N)(=O)=O.NCCCCNCCCN. The highest BCUT2D eigenvalue weighted by Gasteiger charge is 1.93. The molecule has 7 heteroatoms. The molecule has 0 bridgehead atoms. The molecule has 0 unspecified atom stereocenters. The zero-order valence-electron chi connectivity index (χ0n) is 10.4. The van der Waals surface area contributed by atoms with Crippen molar-refractivity contribution < 1.29 is 8.42 Å². The first kappa shape index (κ1) is 18.9. The van der Waals surface area contributed by atoms with Gasteiger partial charge in [0, 0.05) is 0 Å². The van der Waals surface area contributed by atoms with Crippen LogP contribution in [-0.2, 0) is 10.0 Å². The number of unbranched alkanes of at least 4 members (excludes halogenated alkanes) is 1. The Labute approximate surface area is 105 Å². The van der Waals surface area contributed by atoms with E-state index in [1.165, 1.54) is 12.5 Å². The first-order chi connectivity index (χ1) is 7.97. The summed E-state index contributed by atoms with van der Waals surface area (Å²) in [5, 5.41) is 7.83. The van der Waals surface area contributed by atoms with E-state index < -0.39 is 10.0 Å². The fourth-order valence-corrected chi connectivity index (χ4v) is 1.24. The summed E-state index contributed by atoms with van der Waals surface area (Å²) in [6, 6.07) is 0. The van der Waals surface area contributed by atoms with E-state index >= 15 is 0 Å². The van der Waals surface area contributed by atoms with Gasteiger partial charge >= 0.3 is 0 Å². The lowest BCUT2D eigenvalue weighted by atomic mass is 10.3. The van der Waals surface area contributed by atoms with Gasteiger partial charge in [0.05, 0.1) is 5.75 Å². The third-order valence-corrected chi connectivity index (χ3v) is 2.42. The summed E-state index contributed by atoms with van der Waals surface area (Å²) in [4.78, 5) is 0. The maximum absolute atomic E-state index is 9.94. The molecular formula is C10H26N4O2S. The maximum atomic E-state index is 9.94. The monoisotopic (exact) mass is 266 g/mol. The Bertz CT molecular complexity index is 247. The van der Waals surface area contributed by atoms with Gasteiger partial charge < -0.3 is 16.8 Å². The molecule has 0 rings (SSSR count). The molecule has 0 aromatic heterocycles. The van der Waals surface area contributed by atoms with Crippen molar-refractivity contribution in [2.24, 2.45) is 16.6 Å². The van der Waals surface area contributed by atoms with Crippen molar-refractivity contribution in [1.29, 1.82) is 0 Å². The molecule has 0 aromatic carbocycles. The topological polar surface area (TPSA) is 124 Å². The number of hydrogen-bond acceptors (Lipinski definition) is 5. The highest BCUT2D eigenvalue weighted by atomic mass is 32.2. The van der Waals surface area contributed by atoms with Gasteiger partial charge in [-0.1, -0.05) is 6.08 Å². The van der Waals surface area contributed by atoms with E-state index in [4.69, 9.17) is 11.5 Å². The van der Waals surface area contributed by atoms with E-state index in [2.05, 4.69) is 17.0 Å². The largest absolute Gasteiger partial charge is 0.330 e. The van der Waals surface area contributed by atoms with Gasteiger partial charge in [-0.15, -0.1) is 6.58 Å². The summed E-state index contributed by atoms with van der Waals surface area (Å²) in [5.41, 5.74) is 10.6. The lowest BCUT2D eigenvalue weighted by Gasteiger charge is -2.01. The number of nitrogens with two attached hydrogens (primary N) is 3. The van der Waals surface area contributed by atoms with Crippen molar-refractivity contribution in [2.45, 2.75) is 19.3 Å². The van der Waals surface area contributed by atoms with Crippen LogP contribution in [0.15, 0.2) is 12.7 Å². The van der Waals surface area contributed by atoms with Crippen LogP contribution in [0.25, 0.3) is 0 Å². The minimum Gasteiger partial charge on any atom is -0.330 e. The van der Waals surface area contributed by atoms with E-state index in [0.717, 1.165) is 39.0 Å². The second-order valence-corrected chi connectivity index (χ2v) is 5.17. The van der Waals surface area contributed by atoms with Gasteiger partial charge in [0.2, 0.25) is 10.0 Å². The molecule has 0 atom stereocenters. The summed E-state index contributed by atoms with van der Waals surface area (Å²) in [7, 11) is -3.29. The lowest BCUT2D eigenvalue weighted by molar-refractivity contribution is 0.600. The molecule has 0 saturated heterocycles. The van der Waals surface area contributed by atoms with Crippen LogP contribution < -0.4 is 21.9 Å². The summed E-state index contributed by atoms with van der Waals surface area (Å²) in [6.45, 7) is 6.90. The molecule has 104 valence electrons. The molecule has 0 spiro atoms. The van der Waals surface area contributed by atoms with Crippen LogP contribution in [0.1, 0.15) is 19.3 Å². The van der Waals surface area contributed by atoms with Crippen LogP contribution in [0.3, 0.4) is 0 Å². The Balaban J connectivity index is 0. The number of rotatable bonds is 9. The predicted molar refractivity (Wildman–Crippen MR) is 73.0 cm³/mol. The molecule has 0 aliphatic rings. The van der Waals surface area contributed by atoms with E-state index in [-0.39, 0.29) is 5.75 Å². The van der Waals surface area contributed by atoms with Crippen molar-refractivity contribution in [3.05, 3.63) is 12.7 Å². The third-order valence-electron chi connectivity index (χ3n) is 1.72. The molecule has 7 N–H and O–H groups in total. The molecule has 17 heavy (non-hydrogen) atoms. The molecular weight excluding hydrogens is 240 g/mol. The van der Waals surface area contributed by atoms with Gasteiger partial charge in [-0.3, -0.25) is 0 Å². The zero-order chi connectivity index (χ0) is 13.6. The van der Waals surface area contributed by atoms with Gasteiger partial charge in [-0.2, -0.15) is 0 Å². The van der Waals surface area contributed by atoms with Crippen LogP contribution >= 0.6 is 0 Å². The highest BCUT2D eigenvalue weighted by Crippen LogP contribution is 1.81. The van der Waals surface area contributed by atoms with Crippen molar-refractivity contribution in [3.8, 4) is 0 Å². The van der Waals surface area contributed by atoms with Crippen LogP contribution in [-0.4, -0.2) is 40.3 Å². The minimum absolute atomic E-state index is 0.146. The van der Waals surface area contributed by atoms with E-state index in [0.29, 0.717) is 0 Å². The van der Waals surface area contributed by atoms with Gasteiger partial charge in [-0.05, 0) is 45.4 Å². The Morgan fingerprint density at radius 2 is 1.59 bits per heavy atom. The standard InChI is InChI=1S/C7H19N3.C3H7NO2S/c8-4-1-2-6-10-7-3-5-9;1-2-3-7(4,5)6/h10H,1-9H2;2H,1,3H2,(H2,4,5,6). The molecule has 0 aliphatic carbocycles. The Hall–Kier alpha value is -0.470. The van der Waals surface area contributed by atoms with Gasteiger partial charge in [0.15, 0.2) is 0 Å². The minimum atomic E-state index is -3.29. The van der Waals surface area contributed by atoms with Crippen molar-refractivity contribution in [2.75, 3.05) is 31.9 Å². The Morgan fingerprint density at radius 3 is 1.94 bits per heavy atom. The molecule has 0 amide bonds. The van der Waals surface area contributed by atoms with Gasteiger partial charge in [0.25, 0.3) is 0 Å². The highest BCUT2D eigenvalue weighted by molar-refractivity contribution is 7.89. The van der Waals surface area contributed by atoms with E-state index in [1.807, 2.05) is 0 Å². The smallest absolute Gasteiger partial charge is 0.212 e. The van der Waals surface area contributed by atoms with Gasteiger partial charge in [-0.25, -0.2) is 13.6 Å². The molecule has 0 aromatic rings. The molecule has 0 heterocycles. The van der Waals surface area contributed by atoms with Crippen LogP contribution in [0.5, 0.6) is 0 Å². The first-order valence-corrected chi connectivity index (χ1v) is 7.41. The second kappa shape index (κ2) is 13.6. The van der Waals surface area contributed by atoms with Crippen molar-refractivity contribution in [1.82, 2.24) is 5.32 Å². The molecule has 6 nitrogen and oxygen atoms in total. The van der Waals surface area contributed by atoms with Gasteiger partial charge in [0.1, 0.15) is 0 Å². The number of primary sulfonamides is 1. The molecule has 0 aliphatic heterocycles. The van der Waals surface area contributed by atoms with Crippen LogP contribution in [0.4, 0.5) is 0 Å². The van der Waals surface area contributed by atoms with E-state index in [1.54, 1.807) is 0 Å². The maximum Gasteiger partial charge on any atom is 0.212 e. The average molecular weight is 266 g/mol. The quantitative estimate of drug-likeness (QED) is 0.319. The van der Waals surface area contributed by atoms with E-state index in [9.17, 15) is 8.42 Å². The summed E-state index contributed by atoms with van der Waals surface area (Å²) < 4.78 is 19.9. The second-order valence-electron chi connectivity index (χ2n) is 3.51. The fraction of sp³-hybridized carbons (Fsp3) is 0.800. The fourth-order valence-electron chi connectivity index (χ4n) is 0.911. The Morgan fingerprint density at radius 1 is 1.06 bits per heavy atom. The number of hydrogen-bond donors (Lipinski definition) is 4. The lowest BCUT2D eigenvalue weighted by Crippen LogP contribution is -2.19. The average Bonchev–Trinajstić information content (AvgIpc) is 2.22. The zero-order valence-corrected chi connectivity index (χ0v) is 11.2. The van der Waals surface area contributed by atoms with Crippen LogP contribution in [0, 0.1) is 0 Å². The predicted octanol–water partition coefficient (Wildman–Crippen LogP) is -0.875. The summed E-state index contributed by atoms with van der Waals surface area (Å²) in [6.07, 6.45) is 4.62. The summed E-state index contributed by atoms with van der Waals surface area (Å²) in [5.74, 6) is -0.146. The van der Waals surface area contributed by atoms with Crippen LogP contribution in [0.2, 0.25) is 0 Å².